The Kier molecular flexibility index (Phi) is 8.30. The molecule has 0 unspecified atom stereocenters. The van der Waals surface area contributed by atoms with Crippen LogP contribution in [0.15, 0.2) is 55.0 Å². The number of carbonyl (C=O) groups is 3. The predicted molar refractivity (Wildman–Crippen MR) is 134 cm³/mol. The van der Waals surface area contributed by atoms with Crippen molar-refractivity contribution in [2.75, 3.05) is 26.2 Å². The van der Waals surface area contributed by atoms with Crippen molar-refractivity contribution < 1.29 is 19.1 Å². The van der Waals surface area contributed by atoms with Crippen molar-refractivity contribution in [3.8, 4) is 5.75 Å². The average molecular weight is 492 g/mol. The second-order valence-electron chi connectivity index (χ2n) is 9.58. The highest BCUT2D eigenvalue weighted by Gasteiger charge is 2.33. The molecule has 9 nitrogen and oxygen atoms in total. The number of ether oxygens (including phenoxy) is 1. The molecule has 2 bridgehead atoms. The number of aromatic nitrogens is 2. The Hall–Kier alpha value is -3.75. The molecule has 9 heteroatoms. The summed E-state index contributed by atoms with van der Waals surface area (Å²) in [6, 6.07) is 7.59. The minimum Gasteiger partial charge on any atom is -0.489 e. The number of para-hydroxylation sites is 1. The fraction of sp³-hybridized carbons (Fsp3) is 0.444. The predicted octanol–water partition coefficient (Wildman–Crippen LogP) is 2.45. The van der Waals surface area contributed by atoms with Crippen LogP contribution in [-0.2, 0) is 16.1 Å². The van der Waals surface area contributed by atoms with Crippen LogP contribution >= 0.6 is 0 Å². The van der Waals surface area contributed by atoms with Gasteiger partial charge >= 0.3 is 0 Å². The van der Waals surface area contributed by atoms with Crippen molar-refractivity contribution in [3.63, 3.8) is 0 Å². The molecule has 0 radical (unpaired) electrons. The van der Waals surface area contributed by atoms with Gasteiger partial charge in [0.25, 0.3) is 5.91 Å². The van der Waals surface area contributed by atoms with E-state index in [1.165, 1.54) is 23.5 Å². The molecule has 2 atom stereocenters. The number of amides is 3. The number of hydrogen-bond donors (Lipinski definition) is 1. The number of nitrogens with one attached hydrogen (secondary N) is 1. The number of hydrogen-bond acceptors (Lipinski definition) is 6. The third-order valence-corrected chi connectivity index (χ3v) is 6.50. The Morgan fingerprint density at radius 1 is 1.19 bits per heavy atom. The molecule has 2 aliphatic heterocycles. The van der Waals surface area contributed by atoms with Crippen LogP contribution in [0.3, 0.4) is 0 Å². The molecular formula is C27H33N5O4. The first-order valence-corrected chi connectivity index (χ1v) is 12.4. The first-order valence-electron chi connectivity index (χ1n) is 12.4. The Bertz CT molecular complexity index is 1100. The Morgan fingerprint density at radius 3 is 2.81 bits per heavy atom. The molecule has 3 amide bonds. The summed E-state index contributed by atoms with van der Waals surface area (Å²) in [4.78, 5) is 50.7. The number of carbonyl (C=O) groups excluding carboxylic acids is 3. The summed E-state index contributed by atoms with van der Waals surface area (Å²) in [5, 5.41) is 2.97. The van der Waals surface area contributed by atoms with E-state index in [-0.39, 0.29) is 54.4 Å². The van der Waals surface area contributed by atoms with Crippen molar-refractivity contribution in [2.24, 2.45) is 11.8 Å². The third-order valence-electron chi connectivity index (χ3n) is 6.50. The summed E-state index contributed by atoms with van der Waals surface area (Å²) < 4.78 is 6.04. The van der Waals surface area contributed by atoms with E-state index in [9.17, 15) is 14.4 Å². The fourth-order valence-electron chi connectivity index (χ4n) is 4.73. The monoisotopic (exact) mass is 491 g/mol. The molecule has 2 aliphatic rings. The van der Waals surface area contributed by atoms with E-state index in [0.717, 1.165) is 5.56 Å². The Balaban J connectivity index is 1.60. The Morgan fingerprint density at radius 2 is 2.03 bits per heavy atom. The minimum atomic E-state index is -0.365. The largest absolute Gasteiger partial charge is 0.489 e. The van der Waals surface area contributed by atoms with Gasteiger partial charge < -0.3 is 19.9 Å². The maximum Gasteiger partial charge on any atom is 0.274 e. The lowest BCUT2D eigenvalue weighted by Gasteiger charge is -2.38. The summed E-state index contributed by atoms with van der Waals surface area (Å²) in [6.07, 6.45) is 9.53. The highest BCUT2D eigenvalue weighted by molar-refractivity contribution is 5.94. The number of rotatable bonds is 4. The van der Waals surface area contributed by atoms with Crippen molar-refractivity contribution in [2.45, 2.75) is 39.3 Å². The van der Waals surface area contributed by atoms with Gasteiger partial charge in [0, 0.05) is 43.5 Å². The maximum atomic E-state index is 13.4. The number of fused-ring (bicyclic) bond motifs is 3. The normalized spacial score (nSPS) is 21.4. The highest BCUT2D eigenvalue weighted by atomic mass is 16.5. The molecule has 1 saturated heterocycles. The van der Waals surface area contributed by atoms with Gasteiger partial charge in [0.1, 0.15) is 24.6 Å². The van der Waals surface area contributed by atoms with Crippen molar-refractivity contribution >= 4 is 17.7 Å². The standard InChI is InChI=1S/C27H33N5O4/c1-19(2)30-25(33)14-20-9-12-31-16-21(20)7-5-13-36-24-8-4-3-6-22(24)17-32(18-26(31)34)27(35)23-15-28-10-11-29-23/h3-8,10-11,15,19-21H,9,12-14,16-18H2,1-2H3,(H,30,33)/b7-5-/t20-,21-/m0/s1. The molecule has 0 aliphatic carbocycles. The molecule has 1 aromatic heterocycles. The van der Waals surface area contributed by atoms with Gasteiger partial charge in [-0.15, -0.1) is 0 Å². The SMILES string of the molecule is CC(C)NC(=O)C[C@@H]1CCN2C[C@@H]1/C=C\COc1ccccc1CN(C(=O)c1cnccn1)CC2=O. The lowest BCUT2D eigenvalue weighted by atomic mass is 9.82. The molecule has 1 aromatic carbocycles. The van der Waals surface area contributed by atoms with Crippen LogP contribution in [0, 0.1) is 11.8 Å². The van der Waals surface area contributed by atoms with Crippen molar-refractivity contribution in [3.05, 3.63) is 66.3 Å². The molecule has 1 N–H and O–H groups in total. The van der Waals surface area contributed by atoms with E-state index >= 15 is 0 Å². The zero-order chi connectivity index (χ0) is 25.5. The van der Waals surface area contributed by atoms with Gasteiger partial charge in [-0.2, -0.15) is 0 Å². The zero-order valence-corrected chi connectivity index (χ0v) is 20.8. The van der Waals surface area contributed by atoms with Gasteiger partial charge in [0.05, 0.1) is 12.7 Å². The van der Waals surface area contributed by atoms with Gasteiger partial charge in [-0.3, -0.25) is 19.4 Å². The number of benzene rings is 1. The van der Waals surface area contributed by atoms with E-state index < -0.39 is 0 Å². The quantitative estimate of drug-likeness (QED) is 0.659. The second-order valence-corrected chi connectivity index (χ2v) is 9.58. The first kappa shape index (κ1) is 25.3. The molecule has 0 saturated carbocycles. The van der Waals surface area contributed by atoms with Crippen molar-refractivity contribution in [1.29, 1.82) is 0 Å². The zero-order valence-electron chi connectivity index (χ0n) is 20.8. The van der Waals surface area contributed by atoms with Crippen LogP contribution in [-0.4, -0.2) is 69.8 Å². The Labute approximate surface area is 211 Å². The van der Waals surface area contributed by atoms with E-state index in [1.807, 2.05) is 44.2 Å². The van der Waals surface area contributed by atoms with Gasteiger partial charge in [-0.1, -0.05) is 30.4 Å². The summed E-state index contributed by atoms with van der Waals surface area (Å²) in [7, 11) is 0. The number of piperidine rings is 1. The average Bonchev–Trinajstić information content (AvgIpc) is 2.87. The van der Waals surface area contributed by atoms with Gasteiger partial charge in [0.2, 0.25) is 11.8 Å². The second kappa shape index (κ2) is 11.8. The van der Waals surface area contributed by atoms with E-state index in [0.29, 0.717) is 38.3 Å². The summed E-state index contributed by atoms with van der Waals surface area (Å²) in [5.74, 6) is 0.325. The lowest BCUT2D eigenvalue weighted by Crippen LogP contribution is -2.49. The molecule has 0 spiro atoms. The van der Waals surface area contributed by atoms with Crippen LogP contribution in [0.4, 0.5) is 0 Å². The molecular weight excluding hydrogens is 458 g/mol. The van der Waals surface area contributed by atoms with E-state index in [4.69, 9.17) is 4.74 Å². The lowest BCUT2D eigenvalue weighted by molar-refractivity contribution is -0.134. The minimum absolute atomic E-state index is 0.0179. The molecule has 3 heterocycles. The van der Waals surface area contributed by atoms with Crippen LogP contribution in [0.2, 0.25) is 0 Å². The highest BCUT2D eigenvalue weighted by Crippen LogP contribution is 2.29. The summed E-state index contributed by atoms with van der Waals surface area (Å²) in [5.41, 5.74) is 0.985. The smallest absolute Gasteiger partial charge is 0.274 e. The van der Waals surface area contributed by atoms with Crippen LogP contribution in [0.1, 0.15) is 42.7 Å². The summed E-state index contributed by atoms with van der Waals surface area (Å²) >= 11 is 0. The maximum absolute atomic E-state index is 13.4. The first-order chi connectivity index (χ1) is 17.4. The van der Waals surface area contributed by atoms with Crippen LogP contribution in [0.5, 0.6) is 5.75 Å². The van der Waals surface area contributed by atoms with E-state index in [2.05, 4.69) is 21.4 Å². The third kappa shape index (κ3) is 6.47. The summed E-state index contributed by atoms with van der Waals surface area (Å²) in [6.45, 7) is 5.40. The van der Waals surface area contributed by atoms with Gasteiger partial charge in [-0.05, 0) is 38.2 Å². The molecule has 4 rings (SSSR count). The molecule has 1 fully saturated rings. The topological polar surface area (TPSA) is 105 Å². The van der Waals surface area contributed by atoms with Crippen molar-refractivity contribution in [1.82, 2.24) is 25.1 Å². The van der Waals surface area contributed by atoms with Gasteiger partial charge in [0.15, 0.2) is 0 Å². The van der Waals surface area contributed by atoms with E-state index in [1.54, 1.807) is 4.90 Å². The number of nitrogens with zero attached hydrogens (tertiary/aromatic N) is 4. The molecule has 190 valence electrons. The van der Waals surface area contributed by atoms with Gasteiger partial charge in [-0.25, -0.2) is 4.98 Å². The van der Waals surface area contributed by atoms with Crippen LogP contribution in [0.25, 0.3) is 0 Å². The van der Waals surface area contributed by atoms with Crippen LogP contribution < -0.4 is 10.1 Å². The molecule has 2 aromatic rings. The molecule has 36 heavy (non-hydrogen) atoms. The fourth-order valence-corrected chi connectivity index (χ4v) is 4.73.